The zero-order chi connectivity index (χ0) is 15.2. The lowest BCUT2D eigenvalue weighted by Crippen LogP contribution is -2.50. The van der Waals surface area contributed by atoms with Crippen LogP contribution in [0.1, 0.15) is 18.4 Å². The summed E-state index contributed by atoms with van der Waals surface area (Å²) in [6, 6.07) is 6.30. The normalized spacial score (nSPS) is 26.0. The van der Waals surface area contributed by atoms with Crippen LogP contribution in [0, 0.1) is 0 Å². The zero-order valence-electron chi connectivity index (χ0n) is 12.6. The van der Waals surface area contributed by atoms with Gasteiger partial charge in [0.05, 0.1) is 22.3 Å². The second-order valence-electron chi connectivity index (χ2n) is 6.34. The molecule has 2 aliphatic rings. The number of hydrogen-bond donors (Lipinski definition) is 0. The Morgan fingerprint density at radius 3 is 3.14 bits per heavy atom. The molecular weight excluding hydrogens is 298 g/mol. The Morgan fingerprint density at radius 1 is 1.41 bits per heavy atom. The fourth-order valence-corrected chi connectivity index (χ4v) is 4.44. The first-order chi connectivity index (χ1) is 10.7. The Morgan fingerprint density at radius 2 is 2.32 bits per heavy atom. The molecule has 4 rings (SSSR count). The largest absolute Gasteiger partial charge is 0.440 e. The molecule has 116 valence electrons. The Balaban J connectivity index is 1.54. The van der Waals surface area contributed by atoms with Gasteiger partial charge in [-0.3, -0.25) is 4.90 Å². The number of fused-ring (bicyclic) bond motifs is 1. The summed E-state index contributed by atoms with van der Waals surface area (Å²) in [7, 11) is 1.81. The van der Waals surface area contributed by atoms with Gasteiger partial charge in [0.25, 0.3) is 0 Å². The van der Waals surface area contributed by atoms with E-state index < -0.39 is 0 Å². The molecule has 6 heteroatoms. The predicted molar refractivity (Wildman–Crippen MR) is 86.0 cm³/mol. The molecule has 22 heavy (non-hydrogen) atoms. The second-order valence-corrected chi connectivity index (χ2v) is 7.19. The summed E-state index contributed by atoms with van der Waals surface area (Å²) in [6.45, 7) is 3.46. The maximum atomic E-state index is 11.7. The highest BCUT2D eigenvalue weighted by Crippen LogP contribution is 2.33. The number of amides is 1. The molecule has 1 amide bonds. The average molecular weight is 317 g/mol. The maximum Gasteiger partial charge on any atom is 0.410 e. The highest BCUT2D eigenvalue weighted by atomic mass is 32.1. The lowest BCUT2D eigenvalue weighted by molar-refractivity contribution is -0.0112. The van der Waals surface area contributed by atoms with E-state index in [0.717, 1.165) is 38.0 Å². The molecule has 2 fully saturated rings. The van der Waals surface area contributed by atoms with Gasteiger partial charge in [0.2, 0.25) is 0 Å². The van der Waals surface area contributed by atoms with Crippen molar-refractivity contribution in [2.24, 2.45) is 0 Å². The van der Waals surface area contributed by atoms with Crippen LogP contribution in [0.3, 0.4) is 0 Å². The molecule has 0 bridgehead atoms. The van der Waals surface area contributed by atoms with E-state index in [1.165, 1.54) is 10.3 Å². The van der Waals surface area contributed by atoms with Crippen LogP contribution in [0.2, 0.25) is 0 Å². The van der Waals surface area contributed by atoms with Gasteiger partial charge >= 0.3 is 6.09 Å². The van der Waals surface area contributed by atoms with Gasteiger partial charge in [0.15, 0.2) is 0 Å². The predicted octanol–water partition coefficient (Wildman–Crippen LogP) is 2.71. The number of carbonyl (C=O) groups is 1. The van der Waals surface area contributed by atoms with Crippen molar-refractivity contribution >= 4 is 27.6 Å². The quantitative estimate of drug-likeness (QED) is 0.854. The molecular formula is C16H19N3O2S. The van der Waals surface area contributed by atoms with E-state index in [1.807, 2.05) is 12.6 Å². The van der Waals surface area contributed by atoms with E-state index >= 15 is 0 Å². The molecule has 1 spiro atoms. The van der Waals surface area contributed by atoms with E-state index in [0.29, 0.717) is 6.54 Å². The van der Waals surface area contributed by atoms with Gasteiger partial charge < -0.3 is 9.64 Å². The van der Waals surface area contributed by atoms with Crippen LogP contribution < -0.4 is 0 Å². The Kier molecular flexibility index (Phi) is 3.31. The number of nitrogens with zero attached hydrogens (tertiary/aromatic N) is 3. The molecule has 1 aromatic carbocycles. The van der Waals surface area contributed by atoms with Crippen LogP contribution >= 0.6 is 11.3 Å². The Hall–Kier alpha value is -1.66. The first-order valence-electron chi connectivity index (χ1n) is 7.63. The minimum absolute atomic E-state index is 0.189. The highest BCUT2D eigenvalue weighted by molar-refractivity contribution is 7.16. The molecule has 2 saturated heterocycles. The standard InChI is InChI=1S/C16H19N3O2S/c1-18-9-16(21-15(18)20)6-3-7-19(10-16)8-12-4-2-5-13-14(12)22-11-17-13/h2,4-5,11H,3,6-10H2,1H3. The minimum atomic E-state index is -0.314. The summed E-state index contributed by atoms with van der Waals surface area (Å²) in [5, 5.41) is 0. The number of benzene rings is 1. The SMILES string of the molecule is CN1CC2(CCCN(Cc3cccc4ncsc34)C2)OC1=O. The topological polar surface area (TPSA) is 45.7 Å². The van der Waals surface area contributed by atoms with Crippen LogP contribution in [0.15, 0.2) is 23.7 Å². The van der Waals surface area contributed by atoms with Gasteiger partial charge in [-0.2, -0.15) is 0 Å². The van der Waals surface area contributed by atoms with Crippen molar-refractivity contribution in [3.8, 4) is 0 Å². The van der Waals surface area contributed by atoms with Crippen molar-refractivity contribution in [1.82, 2.24) is 14.8 Å². The van der Waals surface area contributed by atoms with Gasteiger partial charge in [-0.05, 0) is 31.0 Å². The summed E-state index contributed by atoms with van der Waals surface area (Å²) < 4.78 is 6.94. The smallest absolute Gasteiger partial charge is 0.410 e. The van der Waals surface area contributed by atoms with E-state index in [1.54, 1.807) is 16.2 Å². The van der Waals surface area contributed by atoms with Crippen molar-refractivity contribution in [2.45, 2.75) is 25.0 Å². The highest BCUT2D eigenvalue weighted by Gasteiger charge is 2.46. The number of rotatable bonds is 2. The van der Waals surface area contributed by atoms with Crippen molar-refractivity contribution < 1.29 is 9.53 Å². The number of hydrogen-bond acceptors (Lipinski definition) is 5. The van der Waals surface area contributed by atoms with Crippen LogP contribution in [0.5, 0.6) is 0 Å². The van der Waals surface area contributed by atoms with Crippen molar-refractivity contribution in [2.75, 3.05) is 26.7 Å². The number of carbonyl (C=O) groups excluding carboxylic acids is 1. The number of piperidine rings is 1. The summed E-state index contributed by atoms with van der Waals surface area (Å²) >= 11 is 1.70. The van der Waals surface area contributed by atoms with Gasteiger partial charge in [-0.15, -0.1) is 11.3 Å². The molecule has 0 radical (unpaired) electrons. The molecule has 2 aliphatic heterocycles. The van der Waals surface area contributed by atoms with E-state index in [-0.39, 0.29) is 11.7 Å². The first kappa shape index (κ1) is 14.0. The zero-order valence-corrected chi connectivity index (χ0v) is 13.4. The van der Waals surface area contributed by atoms with E-state index in [4.69, 9.17) is 4.74 Å². The summed E-state index contributed by atoms with van der Waals surface area (Å²) in [4.78, 5) is 20.2. The van der Waals surface area contributed by atoms with Gasteiger partial charge in [-0.25, -0.2) is 9.78 Å². The van der Waals surface area contributed by atoms with E-state index in [9.17, 15) is 4.79 Å². The van der Waals surface area contributed by atoms with Crippen LogP contribution in [-0.2, 0) is 11.3 Å². The number of likely N-dealkylation sites (tertiary alicyclic amines) is 1. The average Bonchev–Trinajstić information content (AvgIpc) is 3.05. The van der Waals surface area contributed by atoms with Crippen LogP contribution in [0.25, 0.3) is 10.2 Å². The van der Waals surface area contributed by atoms with Crippen LogP contribution in [-0.4, -0.2) is 53.2 Å². The number of thiazole rings is 1. The fraction of sp³-hybridized carbons (Fsp3) is 0.500. The molecule has 3 heterocycles. The van der Waals surface area contributed by atoms with E-state index in [2.05, 4.69) is 28.1 Å². The van der Waals surface area contributed by atoms with Gasteiger partial charge in [0.1, 0.15) is 5.60 Å². The lowest BCUT2D eigenvalue weighted by atomic mass is 9.92. The first-order valence-corrected chi connectivity index (χ1v) is 8.51. The summed E-state index contributed by atoms with van der Waals surface area (Å²) in [5.41, 5.74) is 3.97. The van der Waals surface area contributed by atoms with Crippen LogP contribution in [0.4, 0.5) is 4.79 Å². The molecule has 1 atom stereocenters. The minimum Gasteiger partial charge on any atom is -0.440 e. The Labute approximate surface area is 133 Å². The van der Waals surface area contributed by atoms with Crippen molar-refractivity contribution in [1.29, 1.82) is 0 Å². The number of aromatic nitrogens is 1. The maximum absolute atomic E-state index is 11.7. The molecule has 1 aromatic heterocycles. The number of likely N-dealkylation sites (N-methyl/N-ethyl adjacent to an activating group) is 1. The third-order valence-electron chi connectivity index (χ3n) is 4.59. The Bertz CT molecular complexity index is 716. The van der Waals surface area contributed by atoms with Gasteiger partial charge in [0, 0.05) is 20.1 Å². The lowest BCUT2D eigenvalue weighted by Gasteiger charge is -2.38. The molecule has 5 nitrogen and oxygen atoms in total. The van der Waals surface area contributed by atoms with Crippen molar-refractivity contribution in [3.05, 3.63) is 29.3 Å². The molecule has 0 saturated carbocycles. The molecule has 1 unspecified atom stereocenters. The fourth-order valence-electron chi connectivity index (χ4n) is 3.64. The third kappa shape index (κ3) is 2.36. The second kappa shape index (κ2) is 5.21. The molecule has 0 aliphatic carbocycles. The van der Waals surface area contributed by atoms with Crippen molar-refractivity contribution in [3.63, 3.8) is 0 Å². The summed E-state index contributed by atoms with van der Waals surface area (Å²) in [6.07, 6.45) is 1.84. The molecule has 0 N–H and O–H groups in total. The monoisotopic (exact) mass is 317 g/mol. The van der Waals surface area contributed by atoms with Gasteiger partial charge in [-0.1, -0.05) is 12.1 Å². The number of ether oxygens (including phenoxy) is 1. The third-order valence-corrected chi connectivity index (χ3v) is 5.51. The summed E-state index contributed by atoms with van der Waals surface area (Å²) in [5.74, 6) is 0. The molecule has 2 aromatic rings.